The van der Waals surface area contributed by atoms with E-state index in [1.807, 2.05) is 30.5 Å². The lowest BCUT2D eigenvalue weighted by atomic mass is 10.3. The van der Waals surface area contributed by atoms with Gasteiger partial charge < -0.3 is 5.73 Å². The molecule has 0 spiro atoms. The van der Waals surface area contributed by atoms with Crippen LogP contribution in [0.4, 0.5) is 0 Å². The van der Waals surface area contributed by atoms with E-state index in [9.17, 15) is 0 Å². The van der Waals surface area contributed by atoms with E-state index >= 15 is 0 Å². The number of halogens is 1. The summed E-state index contributed by atoms with van der Waals surface area (Å²) in [5.74, 6) is 0.738. The van der Waals surface area contributed by atoms with Gasteiger partial charge in [0, 0.05) is 18.3 Å². The van der Waals surface area contributed by atoms with Crippen LogP contribution in [0.3, 0.4) is 0 Å². The summed E-state index contributed by atoms with van der Waals surface area (Å²) in [6.07, 6.45) is 1.88. The first-order chi connectivity index (χ1) is 8.28. The summed E-state index contributed by atoms with van der Waals surface area (Å²) in [5, 5.41) is 4.44. The van der Waals surface area contributed by atoms with E-state index in [0.29, 0.717) is 6.54 Å². The van der Waals surface area contributed by atoms with Gasteiger partial charge in [-0.25, -0.2) is 9.50 Å². The SMILES string of the molecule is NCc1cccn2nc(-c3ccc(Br)s3)nc12. The van der Waals surface area contributed by atoms with Gasteiger partial charge in [-0.05, 0) is 34.1 Å². The average Bonchev–Trinajstić information content (AvgIpc) is 2.93. The number of thiophene rings is 1. The van der Waals surface area contributed by atoms with Gasteiger partial charge in [0.15, 0.2) is 11.5 Å². The second-order valence-corrected chi connectivity index (χ2v) is 6.01. The van der Waals surface area contributed by atoms with Crippen molar-refractivity contribution < 1.29 is 0 Å². The van der Waals surface area contributed by atoms with Gasteiger partial charge in [0.1, 0.15) is 0 Å². The van der Waals surface area contributed by atoms with Gasteiger partial charge in [0.2, 0.25) is 0 Å². The van der Waals surface area contributed by atoms with Gasteiger partial charge in [-0.15, -0.1) is 16.4 Å². The van der Waals surface area contributed by atoms with Crippen LogP contribution in [-0.4, -0.2) is 14.6 Å². The highest BCUT2D eigenvalue weighted by Gasteiger charge is 2.10. The van der Waals surface area contributed by atoms with Crippen molar-refractivity contribution in [2.24, 2.45) is 5.73 Å². The van der Waals surface area contributed by atoms with Crippen LogP contribution in [0.1, 0.15) is 5.56 Å². The highest BCUT2D eigenvalue weighted by molar-refractivity contribution is 9.11. The molecule has 86 valence electrons. The summed E-state index contributed by atoms with van der Waals surface area (Å²) >= 11 is 5.05. The van der Waals surface area contributed by atoms with Gasteiger partial charge in [-0.3, -0.25) is 0 Å². The molecule has 0 radical (unpaired) electrons. The van der Waals surface area contributed by atoms with Crippen molar-refractivity contribution in [2.45, 2.75) is 6.54 Å². The molecule has 0 unspecified atom stereocenters. The fourth-order valence-corrected chi connectivity index (χ4v) is 2.97. The summed E-state index contributed by atoms with van der Waals surface area (Å²) in [6.45, 7) is 0.469. The Morgan fingerprint density at radius 3 is 2.94 bits per heavy atom. The Morgan fingerprint density at radius 1 is 1.35 bits per heavy atom. The number of pyridine rings is 1. The van der Waals surface area contributed by atoms with E-state index in [0.717, 1.165) is 25.7 Å². The molecule has 0 bridgehead atoms. The van der Waals surface area contributed by atoms with Gasteiger partial charge >= 0.3 is 0 Å². The molecule has 0 fully saturated rings. The van der Waals surface area contributed by atoms with Crippen LogP contribution in [0.5, 0.6) is 0 Å². The highest BCUT2D eigenvalue weighted by Crippen LogP contribution is 2.29. The molecule has 0 aromatic carbocycles. The molecule has 3 rings (SSSR count). The van der Waals surface area contributed by atoms with Crippen LogP contribution in [0.2, 0.25) is 0 Å². The zero-order valence-corrected chi connectivity index (χ0v) is 11.2. The Bertz CT molecular complexity index is 673. The molecule has 0 aliphatic rings. The lowest BCUT2D eigenvalue weighted by molar-refractivity contribution is 0.945. The lowest BCUT2D eigenvalue weighted by Crippen LogP contribution is -1.99. The van der Waals surface area contributed by atoms with Crippen LogP contribution in [-0.2, 0) is 6.54 Å². The molecule has 0 aliphatic carbocycles. The Kier molecular flexibility index (Phi) is 2.70. The zero-order valence-electron chi connectivity index (χ0n) is 8.80. The van der Waals surface area contributed by atoms with E-state index in [-0.39, 0.29) is 0 Å². The fraction of sp³-hybridized carbons (Fsp3) is 0.0909. The summed E-state index contributed by atoms with van der Waals surface area (Å²) in [4.78, 5) is 5.57. The second kappa shape index (κ2) is 4.21. The maximum absolute atomic E-state index is 5.68. The minimum Gasteiger partial charge on any atom is -0.326 e. The molecule has 3 heterocycles. The number of hydrogen-bond acceptors (Lipinski definition) is 4. The first kappa shape index (κ1) is 10.9. The predicted octanol–water partition coefficient (Wildman–Crippen LogP) is 2.68. The van der Waals surface area contributed by atoms with E-state index < -0.39 is 0 Å². The van der Waals surface area contributed by atoms with Crippen LogP contribution < -0.4 is 5.73 Å². The van der Waals surface area contributed by atoms with E-state index in [2.05, 4.69) is 26.0 Å². The molecule has 0 amide bonds. The monoisotopic (exact) mass is 308 g/mol. The number of rotatable bonds is 2. The quantitative estimate of drug-likeness (QED) is 0.792. The van der Waals surface area contributed by atoms with Crippen molar-refractivity contribution in [3.05, 3.63) is 39.8 Å². The molecule has 3 aromatic rings. The predicted molar refractivity (Wildman–Crippen MR) is 71.9 cm³/mol. The largest absolute Gasteiger partial charge is 0.326 e. The first-order valence-electron chi connectivity index (χ1n) is 5.08. The smallest absolute Gasteiger partial charge is 0.192 e. The van der Waals surface area contributed by atoms with Crippen LogP contribution in [0.25, 0.3) is 16.3 Å². The molecule has 0 saturated heterocycles. The van der Waals surface area contributed by atoms with Gasteiger partial charge in [-0.2, -0.15) is 0 Å². The van der Waals surface area contributed by atoms with Crippen molar-refractivity contribution in [2.75, 3.05) is 0 Å². The molecule has 0 saturated carbocycles. The minimum atomic E-state index is 0.469. The van der Waals surface area contributed by atoms with Crippen LogP contribution in [0, 0.1) is 0 Å². The summed E-state index contributed by atoms with van der Waals surface area (Å²) in [5.41, 5.74) is 7.51. The fourth-order valence-electron chi connectivity index (χ4n) is 1.66. The number of nitrogens with two attached hydrogens (primary N) is 1. The Morgan fingerprint density at radius 2 is 2.24 bits per heavy atom. The zero-order chi connectivity index (χ0) is 11.8. The third kappa shape index (κ3) is 1.88. The molecule has 3 aromatic heterocycles. The summed E-state index contributed by atoms with van der Waals surface area (Å²) in [7, 11) is 0. The highest BCUT2D eigenvalue weighted by atomic mass is 79.9. The van der Waals surface area contributed by atoms with Gasteiger partial charge in [0.05, 0.1) is 8.66 Å². The third-order valence-electron chi connectivity index (χ3n) is 2.46. The Labute approximate surface area is 110 Å². The average molecular weight is 309 g/mol. The molecular formula is C11H9BrN4S. The number of fused-ring (bicyclic) bond motifs is 1. The van der Waals surface area contributed by atoms with Crippen molar-refractivity contribution in [3.8, 4) is 10.7 Å². The van der Waals surface area contributed by atoms with Gasteiger partial charge in [-0.1, -0.05) is 6.07 Å². The van der Waals surface area contributed by atoms with Crippen molar-refractivity contribution in [3.63, 3.8) is 0 Å². The standard InChI is InChI=1S/C11H9BrN4S/c12-9-4-3-8(17-9)10-14-11-7(6-13)2-1-5-16(11)15-10/h1-5H,6,13H2. The molecule has 6 heteroatoms. The molecular weight excluding hydrogens is 300 g/mol. The van der Waals surface area contributed by atoms with Crippen LogP contribution >= 0.6 is 27.3 Å². The Hall–Kier alpha value is -1.24. The molecule has 2 N–H and O–H groups in total. The number of nitrogens with zero attached hydrogens (tertiary/aromatic N) is 3. The van der Waals surface area contributed by atoms with E-state index in [4.69, 9.17) is 5.73 Å². The molecule has 0 aliphatic heterocycles. The topological polar surface area (TPSA) is 56.2 Å². The summed E-state index contributed by atoms with van der Waals surface area (Å²) in [6, 6.07) is 7.90. The normalized spacial score (nSPS) is 11.2. The minimum absolute atomic E-state index is 0.469. The molecule has 0 atom stereocenters. The van der Waals surface area contributed by atoms with Crippen LogP contribution in [0.15, 0.2) is 34.2 Å². The second-order valence-electron chi connectivity index (χ2n) is 3.54. The Balaban J connectivity index is 2.19. The van der Waals surface area contributed by atoms with E-state index in [1.165, 1.54) is 0 Å². The van der Waals surface area contributed by atoms with Crippen molar-refractivity contribution in [1.29, 1.82) is 0 Å². The lowest BCUT2D eigenvalue weighted by Gasteiger charge is -1.96. The van der Waals surface area contributed by atoms with Crippen molar-refractivity contribution >= 4 is 32.9 Å². The molecule has 4 nitrogen and oxygen atoms in total. The first-order valence-corrected chi connectivity index (χ1v) is 6.69. The third-order valence-corrected chi connectivity index (χ3v) is 4.08. The summed E-state index contributed by atoms with van der Waals surface area (Å²) < 4.78 is 2.84. The number of aromatic nitrogens is 3. The van der Waals surface area contributed by atoms with Crippen molar-refractivity contribution in [1.82, 2.24) is 14.6 Å². The number of hydrogen-bond donors (Lipinski definition) is 1. The maximum atomic E-state index is 5.68. The molecule has 17 heavy (non-hydrogen) atoms. The van der Waals surface area contributed by atoms with Gasteiger partial charge in [0.25, 0.3) is 0 Å². The maximum Gasteiger partial charge on any atom is 0.192 e. The van der Waals surface area contributed by atoms with E-state index in [1.54, 1.807) is 15.9 Å².